The summed E-state index contributed by atoms with van der Waals surface area (Å²) < 4.78 is 1.67. The number of aryl methyl sites for hydroxylation is 2. The molecule has 20 heavy (non-hydrogen) atoms. The van der Waals surface area contributed by atoms with Crippen molar-refractivity contribution in [3.05, 3.63) is 46.9 Å². The predicted octanol–water partition coefficient (Wildman–Crippen LogP) is 3.16. The molecular weight excluding hydrogens is 274 g/mol. The summed E-state index contributed by atoms with van der Waals surface area (Å²) in [7, 11) is 1.97. The van der Waals surface area contributed by atoms with Crippen LogP contribution in [0.15, 0.2) is 30.6 Å². The topological polar surface area (TPSA) is 46.3 Å². The molecule has 2 aromatic heterocycles. The van der Waals surface area contributed by atoms with Gasteiger partial charge in [-0.05, 0) is 37.1 Å². The van der Waals surface area contributed by atoms with Gasteiger partial charge in [-0.25, -0.2) is 0 Å². The zero-order chi connectivity index (χ0) is 14.3. The van der Waals surface area contributed by atoms with Crippen molar-refractivity contribution in [2.75, 3.05) is 11.9 Å². The summed E-state index contributed by atoms with van der Waals surface area (Å²) in [5, 5.41) is 4.59. The van der Waals surface area contributed by atoms with Gasteiger partial charge in [0.15, 0.2) is 0 Å². The van der Waals surface area contributed by atoms with Crippen LogP contribution in [0.3, 0.4) is 0 Å². The van der Waals surface area contributed by atoms with Crippen molar-refractivity contribution < 1.29 is 0 Å². The SMILES string of the molecule is Cc1cc(C)cc(N(C)c2cc(Cl)nc3ncnn23)c1. The minimum Gasteiger partial charge on any atom is -0.329 e. The zero-order valence-corrected chi connectivity index (χ0v) is 12.3. The van der Waals surface area contributed by atoms with Gasteiger partial charge < -0.3 is 4.90 Å². The molecule has 0 unspecified atom stereocenters. The van der Waals surface area contributed by atoms with Crippen LogP contribution in [-0.2, 0) is 0 Å². The van der Waals surface area contributed by atoms with Crippen molar-refractivity contribution in [2.45, 2.75) is 13.8 Å². The number of anilines is 2. The number of rotatable bonds is 2. The molecule has 5 nitrogen and oxygen atoms in total. The molecule has 0 amide bonds. The first-order valence-corrected chi connectivity index (χ1v) is 6.61. The van der Waals surface area contributed by atoms with Crippen LogP contribution >= 0.6 is 11.6 Å². The second-order valence-electron chi connectivity index (χ2n) is 4.81. The van der Waals surface area contributed by atoms with Crippen molar-refractivity contribution in [3.8, 4) is 0 Å². The largest absolute Gasteiger partial charge is 0.329 e. The third-order valence-electron chi connectivity index (χ3n) is 3.14. The van der Waals surface area contributed by atoms with Gasteiger partial charge in [0, 0.05) is 18.8 Å². The number of aromatic nitrogens is 4. The van der Waals surface area contributed by atoms with Gasteiger partial charge in [-0.3, -0.25) is 0 Å². The fourth-order valence-electron chi connectivity index (χ4n) is 2.28. The molecule has 0 radical (unpaired) electrons. The molecule has 1 aromatic carbocycles. The maximum absolute atomic E-state index is 6.06. The van der Waals surface area contributed by atoms with Gasteiger partial charge in [0.2, 0.25) is 0 Å². The molecule has 2 heterocycles. The van der Waals surface area contributed by atoms with E-state index in [2.05, 4.69) is 47.1 Å². The lowest BCUT2D eigenvalue weighted by Crippen LogP contribution is -2.15. The number of benzene rings is 1. The van der Waals surface area contributed by atoms with Crippen LogP contribution in [-0.4, -0.2) is 26.6 Å². The van der Waals surface area contributed by atoms with Crippen molar-refractivity contribution in [2.24, 2.45) is 0 Å². The number of hydrogen-bond donors (Lipinski definition) is 0. The maximum atomic E-state index is 6.06. The third-order valence-corrected chi connectivity index (χ3v) is 3.33. The fourth-order valence-corrected chi connectivity index (χ4v) is 2.46. The molecule has 0 fully saturated rings. The summed E-state index contributed by atoms with van der Waals surface area (Å²) in [4.78, 5) is 10.2. The van der Waals surface area contributed by atoms with Crippen molar-refractivity contribution >= 4 is 28.9 Å². The van der Waals surface area contributed by atoms with Crippen molar-refractivity contribution in [1.29, 1.82) is 0 Å². The van der Waals surface area contributed by atoms with Gasteiger partial charge in [-0.2, -0.15) is 19.6 Å². The minimum atomic E-state index is 0.400. The lowest BCUT2D eigenvalue weighted by atomic mass is 10.1. The predicted molar refractivity (Wildman–Crippen MR) is 79.8 cm³/mol. The smallest absolute Gasteiger partial charge is 0.255 e. The Kier molecular flexibility index (Phi) is 3.06. The molecule has 3 rings (SSSR count). The fraction of sp³-hybridized carbons (Fsp3) is 0.214. The van der Waals surface area contributed by atoms with Crippen LogP contribution < -0.4 is 4.90 Å². The van der Waals surface area contributed by atoms with E-state index in [0.29, 0.717) is 10.9 Å². The summed E-state index contributed by atoms with van der Waals surface area (Å²) in [6, 6.07) is 8.15. The first kappa shape index (κ1) is 12.9. The minimum absolute atomic E-state index is 0.400. The van der Waals surface area contributed by atoms with E-state index < -0.39 is 0 Å². The Morgan fingerprint density at radius 3 is 2.50 bits per heavy atom. The third kappa shape index (κ3) is 2.20. The normalized spacial score (nSPS) is 11.0. The summed E-state index contributed by atoms with van der Waals surface area (Å²) in [6.07, 6.45) is 1.47. The number of hydrogen-bond acceptors (Lipinski definition) is 4. The second kappa shape index (κ2) is 4.76. The summed E-state index contributed by atoms with van der Waals surface area (Å²) in [6.45, 7) is 4.16. The quantitative estimate of drug-likeness (QED) is 0.679. The molecule has 0 N–H and O–H groups in total. The van der Waals surface area contributed by atoms with Crippen molar-refractivity contribution in [3.63, 3.8) is 0 Å². The van der Waals surface area contributed by atoms with Gasteiger partial charge >= 0.3 is 0 Å². The van der Waals surface area contributed by atoms with Gasteiger partial charge in [0.1, 0.15) is 17.3 Å². The molecule has 0 aliphatic carbocycles. The number of halogens is 1. The van der Waals surface area contributed by atoms with E-state index in [0.717, 1.165) is 11.5 Å². The standard InChI is InChI=1S/C14H14ClN5/c1-9-4-10(2)6-11(5-9)19(3)13-7-12(15)18-14-16-8-17-20(13)14/h4-8H,1-3H3. The van der Waals surface area contributed by atoms with Gasteiger partial charge in [0.05, 0.1) is 0 Å². The highest BCUT2D eigenvalue weighted by molar-refractivity contribution is 6.29. The van der Waals surface area contributed by atoms with E-state index in [1.807, 2.05) is 11.9 Å². The van der Waals surface area contributed by atoms with E-state index in [1.54, 1.807) is 10.6 Å². The highest BCUT2D eigenvalue weighted by Crippen LogP contribution is 2.27. The first-order chi connectivity index (χ1) is 9.54. The summed E-state index contributed by atoms with van der Waals surface area (Å²) in [5.41, 5.74) is 3.49. The van der Waals surface area contributed by atoms with Crippen LogP contribution in [0.25, 0.3) is 5.78 Å². The van der Waals surface area contributed by atoms with Crippen LogP contribution in [0.1, 0.15) is 11.1 Å². The molecule has 0 saturated carbocycles. The molecule has 0 atom stereocenters. The Morgan fingerprint density at radius 2 is 1.80 bits per heavy atom. The Bertz CT molecular complexity index is 760. The molecule has 6 heteroatoms. The highest BCUT2D eigenvalue weighted by atomic mass is 35.5. The molecular formula is C14H14ClN5. The van der Waals surface area contributed by atoms with Crippen LogP contribution in [0.5, 0.6) is 0 Å². The van der Waals surface area contributed by atoms with E-state index in [1.165, 1.54) is 17.5 Å². The molecule has 0 saturated heterocycles. The Balaban J connectivity index is 2.16. The molecule has 0 bridgehead atoms. The van der Waals surface area contributed by atoms with Gasteiger partial charge in [-0.1, -0.05) is 17.7 Å². The van der Waals surface area contributed by atoms with E-state index in [9.17, 15) is 0 Å². The van der Waals surface area contributed by atoms with Gasteiger partial charge in [-0.15, -0.1) is 0 Å². The zero-order valence-electron chi connectivity index (χ0n) is 11.5. The summed E-state index contributed by atoms with van der Waals surface area (Å²) in [5.74, 6) is 1.31. The molecule has 102 valence electrons. The lowest BCUT2D eigenvalue weighted by molar-refractivity contribution is 0.911. The van der Waals surface area contributed by atoms with Crippen LogP contribution in [0.2, 0.25) is 5.15 Å². The average molecular weight is 288 g/mol. The Hall–Kier alpha value is -2.14. The monoisotopic (exact) mass is 287 g/mol. The second-order valence-corrected chi connectivity index (χ2v) is 5.20. The maximum Gasteiger partial charge on any atom is 0.255 e. The number of nitrogens with zero attached hydrogens (tertiary/aromatic N) is 5. The van der Waals surface area contributed by atoms with E-state index >= 15 is 0 Å². The molecule has 0 aliphatic rings. The van der Waals surface area contributed by atoms with Crippen LogP contribution in [0.4, 0.5) is 11.5 Å². The van der Waals surface area contributed by atoms with E-state index in [4.69, 9.17) is 11.6 Å². The lowest BCUT2D eigenvalue weighted by Gasteiger charge is -2.21. The van der Waals surface area contributed by atoms with Crippen LogP contribution in [0, 0.1) is 13.8 Å². The Labute approximate surface area is 121 Å². The molecule has 0 aliphatic heterocycles. The Morgan fingerprint density at radius 1 is 1.10 bits per heavy atom. The van der Waals surface area contributed by atoms with Gasteiger partial charge in [0.25, 0.3) is 5.78 Å². The first-order valence-electron chi connectivity index (χ1n) is 6.23. The van der Waals surface area contributed by atoms with Crippen molar-refractivity contribution in [1.82, 2.24) is 19.6 Å². The number of fused-ring (bicyclic) bond motifs is 1. The van der Waals surface area contributed by atoms with E-state index in [-0.39, 0.29) is 0 Å². The summed E-state index contributed by atoms with van der Waals surface area (Å²) >= 11 is 6.06. The molecule has 0 spiro atoms. The average Bonchev–Trinajstić information content (AvgIpc) is 2.83. The highest BCUT2D eigenvalue weighted by Gasteiger charge is 2.12. The molecule has 3 aromatic rings.